The summed E-state index contributed by atoms with van der Waals surface area (Å²) in [6.45, 7) is 0.917. The van der Waals surface area contributed by atoms with Crippen molar-refractivity contribution in [3.05, 3.63) is 89.9 Å². The molecule has 2 heterocycles. The predicted octanol–water partition coefficient (Wildman–Crippen LogP) is 4.24. The van der Waals surface area contributed by atoms with Gasteiger partial charge in [-0.15, -0.1) is 10.2 Å². The molecule has 4 aromatic rings. The zero-order valence-corrected chi connectivity index (χ0v) is 19.8. The Balaban J connectivity index is 1.43. The lowest BCUT2D eigenvalue weighted by Gasteiger charge is -2.25. The molecule has 1 amide bonds. The van der Waals surface area contributed by atoms with Crippen LogP contribution in [0, 0.1) is 5.82 Å². The molecular formula is C25H26FN5O2S. The number of nitrogens with zero attached hydrogens (tertiary/aromatic N) is 4. The zero-order valence-electron chi connectivity index (χ0n) is 19.0. The van der Waals surface area contributed by atoms with E-state index in [0.717, 1.165) is 11.1 Å². The number of likely N-dealkylation sites (N-methyl/N-ethyl adjacent to an activating group) is 1. The summed E-state index contributed by atoms with van der Waals surface area (Å²) in [5.41, 5.74) is 1.90. The molecule has 1 atom stereocenters. The molecule has 0 aliphatic heterocycles. The van der Waals surface area contributed by atoms with Crippen molar-refractivity contribution in [1.29, 1.82) is 0 Å². The summed E-state index contributed by atoms with van der Waals surface area (Å²) < 4.78 is 21.1. The van der Waals surface area contributed by atoms with Crippen LogP contribution in [-0.2, 0) is 11.3 Å². The highest BCUT2D eigenvalue weighted by Crippen LogP contribution is 2.25. The molecule has 0 aliphatic rings. The normalized spacial score (nSPS) is 12.1. The minimum absolute atomic E-state index is 0.137. The monoisotopic (exact) mass is 479 g/mol. The van der Waals surface area contributed by atoms with Gasteiger partial charge in [0.05, 0.1) is 24.6 Å². The topological polar surface area (TPSA) is 76.2 Å². The van der Waals surface area contributed by atoms with E-state index in [1.807, 2.05) is 66.0 Å². The zero-order chi connectivity index (χ0) is 23.9. The predicted molar refractivity (Wildman–Crippen MR) is 130 cm³/mol. The molecular weight excluding hydrogens is 453 g/mol. The number of carbonyl (C=O) groups is 1. The molecule has 0 fully saturated rings. The third kappa shape index (κ3) is 5.92. The Morgan fingerprint density at radius 3 is 2.65 bits per heavy atom. The van der Waals surface area contributed by atoms with Gasteiger partial charge in [-0.3, -0.25) is 9.36 Å². The summed E-state index contributed by atoms with van der Waals surface area (Å²) in [5.74, 6) is 0.964. The number of carbonyl (C=O) groups excluding carboxylic acids is 1. The van der Waals surface area contributed by atoms with Gasteiger partial charge in [-0.25, -0.2) is 4.39 Å². The van der Waals surface area contributed by atoms with Crippen molar-refractivity contribution in [3.8, 4) is 11.6 Å². The molecule has 7 nitrogen and oxygen atoms in total. The number of aromatic nitrogens is 3. The number of benzene rings is 2. The van der Waals surface area contributed by atoms with E-state index in [0.29, 0.717) is 29.8 Å². The largest absolute Gasteiger partial charge is 0.461 e. The maximum atomic E-state index is 13.7. The number of hydrogen-bond acceptors (Lipinski definition) is 6. The van der Waals surface area contributed by atoms with Crippen LogP contribution < -0.4 is 5.32 Å². The molecule has 0 saturated heterocycles. The summed E-state index contributed by atoms with van der Waals surface area (Å²) in [6.07, 6.45) is 1.59. The van der Waals surface area contributed by atoms with Gasteiger partial charge in [0.2, 0.25) is 11.7 Å². The molecule has 0 aliphatic carbocycles. The van der Waals surface area contributed by atoms with E-state index in [2.05, 4.69) is 15.5 Å². The smallest absolute Gasteiger partial charge is 0.230 e. The van der Waals surface area contributed by atoms with Gasteiger partial charge in [-0.05, 0) is 49.5 Å². The molecule has 1 unspecified atom stereocenters. The van der Waals surface area contributed by atoms with Crippen molar-refractivity contribution in [3.63, 3.8) is 0 Å². The number of rotatable bonds is 10. The molecule has 2 aromatic carbocycles. The van der Waals surface area contributed by atoms with Crippen LogP contribution in [0.15, 0.2) is 82.6 Å². The average Bonchev–Trinajstić information content (AvgIpc) is 3.48. The summed E-state index contributed by atoms with van der Waals surface area (Å²) >= 11 is 1.31. The Hall–Kier alpha value is -3.43. The van der Waals surface area contributed by atoms with Crippen LogP contribution in [0.1, 0.15) is 17.2 Å². The van der Waals surface area contributed by atoms with Crippen LogP contribution in [0.5, 0.6) is 0 Å². The minimum atomic E-state index is -0.295. The van der Waals surface area contributed by atoms with Crippen molar-refractivity contribution in [2.75, 3.05) is 26.4 Å². The molecule has 176 valence electrons. The molecule has 0 spiro atoms. The summed E-state index contributed by atoms with van der Waals surface area (Å²) in [7, 11) is 3.80. The first kappa shape index (κ1) is 23.7. The van der Waals surface area contributed by atoms with Gasteiger partial charge in [0.1, 0.15) is 5.82 Å². The van der Waals surface area contributed by atoms with Crippen LogP contribution in [0.4, 0.5) is 4.39 Å². The number of amides is 1. The fourth-order valence-electron chi connectivity index (χ4n) is 3.60. The van der Waals surface area contributed by atoms with Crippen molar-refractivity contribution < 1.29 is 13.6 Å². The number of nitrogens with one attached hydrogen (secondary N) is 1. The van der Waals surface area contributed by atoms with E-state index in [1.165, 1.54) is 23.9 Å². The summed E-state index contributed by atoms with van der Waals surface area (Å²) in [5, 5.41) is 12.2. The van der Waals surface area contributed by atoms with Crippen molar-refractivity contribution in [2.24, 2.45) is 0 Å². The standard InChI is InChI=1S/C25H26FN5O2S/c1-30(2)21(19-10-6-11-20(26)14-19)15-27-23(32)17-34-25-29-28-24(22-12-7-13-33-22)31(25)16-18-8-4-3-5-9-18/h3-14,21H,15-17H2,1-2H3,(H,27,32). The van der Waals surface area contributed by atoms with Crippen LogP contribution in [0.2, 0.25) is 0 Å². The van der Waals surface area contributed by atoms with E-state index < -0.39 is 0 Å². The van der Waals surface area contributed by atoms with Gasteiger partial charge in [0.25, 0.3) is 0 Å². The summed E-state index contributed by atoms with van der Waals surface area (Å²) in [4.78, 5) is 14.6. The highest BCUT2D eigenvalue weighted by atomic mass is 32.2. The molecule has 0 saturated carbocycles. The minimum Gasteiger partial charge on any atom is -0.461 e. The SMILES string of the molecule is CN(C)C(CNC(=O)CSc1nnc(-c2ccco2)n1Cc1ccccc1)c1cccc(F)c1. The molecule has 2 aromatic heterocycles. The Morgan fingerprint density at radius 2 is 1.94 bits per heavy atom. The fraction of sp³-hybridized carbons (Fsp3) is 0.240. The number of furan rings is 1. The van der Waals surface area contributed by atoms with Gasteiger partial charge < -0.3 is 14.6 Å². The van der Waals surface area contributed by atoms with Gasteiger partial charge in [0, 0.05) is 6.54 Å². The van der Waals surface area contributed by atoms with Crippen LogP contribution in [0.3, 0.4) is 0 Å². The third-order valence-corrected chi connectivity index (χ3v) is 6.29. The highest BCUT2D eigenvalue weighted by Gasteiger charge is 2.19. The Morgan fingerprint density at radius 1 is 1.12 bits per heavy atom. The highest BCUT2D eigenvalue weighted by molar-refractivity contribution is 7.99. The Labute approximate surface area is 202 Å². The van der Waals surface area contributed by atoms with E-state index >= 15 is 0 Å². The fourth-order valence-corrected chi connectivity index (χ4v) is 4.36. The first-order chi connectivity index (χ1) is 16.5. The van der Waals surface area contributed by atoms with Crippen molar-refractivity contribution >= 4 is 17.7 Å². The van der Waals surface area contributed by atoms with Crippen molar-refractivity contribution in [2.45, 2.75) is 17.7 Å². The molecule has 4 rings (SSSR count). The van der Waals surface area contributed by atoms with Gasteiger partial charge in [-0.2, -0.15) is 0 Å². The lowest BCUT2D eigenvalue weighted by molar-refractivity contribution is -0.118. The van der Waals surface area contributed by atoms with Gasteiger partial charge in [-0.1, -0.05) is 54.2 Å². The van der Waals surface area contributed by atoms with E-state index in [4.69, 9.17) is 4.42 Å². The molecule has 1 N–H and O–H groups in total. The second-order valence-corrected chi connectivity index (χ2v) is 8.92. The lowest BCUT2D eigenvalue weighted by atomic mass is 10.1. The van der Waals surface area contributed by atoms with Crippen LogP contribution in [0.25, 0.3) is 11.6 Å². The van der Waals surface area contributed by atoms with E-state index in [-0.39, 0.29) is 23.5 Å². The average molecular weight is 480 g/mol. The number of halogens is 1. The molecule has 9 heteroatoms. The first-order valence-corrected chi connectivity index (χ1v) is 11.8. The number of thioether (sulfide) groups is 1. The second-order valence-electron chi connectivity index (χ2n) is 7.98. The molecule has 0 radical (unpaired) electrons. The number of hydrogen-bond donors (Lipinski definition) is 1. The van der Waals surface area contributed by atoms with E-state index in [1.54, 1.807) is 18.4 Å². The Bertz CT molecular complexity index is 1210. The molecule has 0 bridgehead atoms. The Kier molecular flexibility index (Phi) is 7.76. The second kappa shape index (κ2) is 11.1. The maximum absolute atomic E-state index is 13.7. The van der Waals surface area contributed by atoms with Gasteiger partial charge in [0.15, 0.2) is 10.9 Å². The third-order valence-electron chi connectivity index (χ3n) is 5.32. The first-order valence-electron chi connectivity index (χ1n) is 10.8. The van der Waals surface area contributed by atoms with Crippen LogP contribution >= 0.6 is 11.8 Å². The summed E-state index contributed by atoms with van der Waals surface area (Å²) in [6, 6.07) is 19.9. The van der Waals surface area contributed by atoms with E-state index in [9.17, 15) is 9.18 Å². The van der Waals surface area contributed by atoms with Gasteiger partial charge >= 0.3 is 0 Å². The molecule has 34 heavy (non-hydrogen) atoms. The maximum Gasteiger partial charge on any atom is 0.230 e. The van der Waals surface area contributed by atoms with Crippen LogP contribution in [-0.4, -0.2) is 52.0 Å². The lowest BCUT2D eigenvalue weighted by Crippen LogP contribution is -2.35. The van der Waals surface area contributed by atoms with Crippen molar-refractivity contribution in [1.82, 2.24) is 25.0 Å². The quantitative estimate of drug-likeness (QED) is 0.343.